The molecule has 0 aliphatic heterocycles. The van der Waals surface area contributed by atoms with E-state index in [2.05, 4.69) is 4.74 Å². The van der Waals surface area contributed by atoms with E-state index in [0.29, 0.717) is 0 Å². The van der Waals surface area contributed by atoms with E-state index >= 15 is 0 Å². The van der Waals surface area contributed by atoms with Crippen LogP contribution in [0.3, 0.4) is 0 Å². The van der Waals surface area contributed by atoms with Gasteiger partial charge in [0, 0.05) is 0 Å². The van der Waals surface area contributed by atoms with Gasteiger partial charge in [-0.2, -0.15) is 5.26 Å². The summed E-state index contributed by atoms with van der Waals surface area (Å²) in [6.07, 6.45) is 0. The molecule has 0 radical (unpaired) electrons. The Kier molecular flexibility index (Phi) is 3.42. The van der Waals surface area contributed by atoms with Crippen molar-refractivity contribution in [1.82, 2.24) is 0 Å². The molecule has 0 aromatic rings. The second kappa shape index (κ2) is 3.86. The van der Waals surface area contributed by atoms with Crippen molar-refractivity contribution in [1.29, 1.82) is 5.26 Å². The number of esters is 1. The molecule has 0 aliphatic rings. The highest BCUT2D eigenvalue weighted by Gasteiger charge is 2.34. The first-order chi connectivity index (χ1) is 5.45. The standard InChI is InChI=1S/C8H11NO3/c1-4-12-7(11)6(10)8(2,3)5-9/h4H2,1-3H3. The molecule has 0 spiro atoms. The third-order valence-corrected chi connectivity index (χ3v) is 1.31. The van der Waals surface area contributed by atoms with Gasteiger partial charge in [-0.15, -0.1) is 0 Å². The van der Waals surface area contributed by atoms with Crippen molar-refractivity contribution >= 4 is 11.8 Å². The molecule has 0 saturated heterocycles. The topological polar surface area (TPSA) is 67.2 Å². The van der Waals surface area contributed by atoms with E-state index in [1.165, 1.54) is 13.8 Å². The molecule has 0 aromatic carbocycles. The first-order valence-corrected chi connectivity index (χ1v) is 3.58. The maximum atomic E-state index is 11.1. The molecule has 0 aliphatic carbocycles. The second-order valence-electron chi connectivity index (χ2n) is 2.79. The summed E-state index contributed by atoms with van der Waals surface area (Å²) >= 11 is 0. The van der Waals surface area contributed by atoms with Gasteiger partial charge in [0.15, 0.2) is 0 Å². The summed E-state index contributed by atoms with van der Waals surface area (Å²) in [7, 11) is 0. The molecule has 0 atom stereocenters. The van der Waals surface area contributed by atoms with Crippen LogP contribution in [0.15, 0.2) is 0 Å². The number of rotatable bonds is 3. The predicted molar refractivity (Wildman–Crippen MR) is 41.0 cm³/mol. The zero-order valence-corrected chi connectivity index (χ0v) is 7.38. The summed E-state index contributed by atoms with van der Waals surface area (Å²) in [6, 6.07) is 1.73. The van der Waals surface area contributed by atoms with E-state index in [9.17, 15) is 9.59 Å². The van der Waals surface area contributed by atoms with Gasteiger partial charge in [0.05, 0.1) is 12.7 Å². The number of carbonyl (C=O) groups is 2. The van der Waals surface area contributed by atoms with Crippen LogP contribution in [0.2, 0.25) is 0 Å². The van der Waals surface area contributed by atoms with Crippen LogP contribution in [-0.4, -0.2) is 18.4 Å². The van der Waals surface area contributed by atoms with Gasteiger partial charge >= 0.3 is 5.97 Å². The molecule has 12 heavy (non-hydrogen) atoms. The van der Waals surface area contributed by atoms with Gasteiger partial charge in [0.1, 0.15) is 5.41 Å². The third kappa shape index (κ3) is 2.35. The van der Waals surface area contributed by atoms with E-state index < -0.39 is 17.2 Å². The summed E-state index contributed by atoms with van der Waals surface area (Å²) in [6.45, 7) is 4.51. The summed E-state index contributed by atoms with van der Waals surface area (Å²) in [5, 5.41) is 8.50. The Bertz CT molecular complexity index is 237. The minimum Gasteiger partial charge on any atom is -0.460 e. The van der Waals surface area contributed by atoms with Crippen molar-refractivity contribution in [2.24, 2.45) is 5.41 Å². The van der Waals surface area contributed by atoms with E-state index in [1.807, 2.05) is 0 Å². The number of ketones is 1. The largest absolute Gasteiger partial charge is 0.460 e. The molecule has 0 N–H and O–H groups in total. The van der Waals surface area contributed by atoms with Crippen molar-refractivity contribution in [3.8, 4) is 6.07 Å². The van der Waals surface area contributed by atoms with E-state index in [0.717, 1.165) is 0 Å². The fourth-order valence-corrected chi connectivity index (χ4v) is 0.503. The summed E-state index contributed by atoms with van der Waals surface area (Å²) in [5.41, 5.74) is -1.29. The fraction of sp³-hybridized carbons (Fsp3) is 0.625. The Labute approximate surface area is 71.1 Å². The summed E-state index contributed by atoms with van der Waals surface area (Å²) in [5.74, 6) is -1.74. The Morgan fingerprint density at radius 3 is 2.33 bits per heavy atom. The predicted octanol–water partition coefficient (Wildman–Crippen LogP) is 0.668. The molecule has 4 heteroatoms. The van der Waals surface area contributed by atoms with Gasteiger partial charge in [0.25, 0.3) is 5.78 Å². The molecule has 4 nitrogen and oxygen atoms in total. The quantitative estimate of drug-likeness (QED) is 0.460. The van der Waals surface area contributed by atoms with Crippen LogP contribution >= 0.6 is 0 Å². The van der Waals surface area contributed by atoms with Crippen LogP contribution in [0.5, 0.6) is 0 Å². The summed E-state index contributed by atoms with van der Waals surface area (Å²) < 4.78 is 4.45. The third-order valence-electron chi connectivity index (χ3n) is 1.31. The van der Waals surface area contributed by atoms with Gasteiger partial charge in [-0.25, -0.2) is 4.79 Å². The lowest BCUT2D eigenvalue weighted by molar-refractivity contribution is -0.156. The van der Waals surface area contributed by atoms with Gasteiger partial charge in [-0.05, 0) is 20.8 Å². The Morgan fingerprint density at radius 1 is 1.50 bits per heavy atom. The zero-order chi connectivity index (χ0) is 9.78. The normalized spacial score (nSPS) is 10.2. The highest BCUT2D eigenvalue weighted by molar-refractivity contribution is 6.36. The van der Waals surface area contributed by atoms with Crippen molar-refractivity contribution in [3.63, 3.8) is 0 Å². The Hall–Kier alpha value is -1.37. The van der Waals surface area contributed by atoms with Gasteiger partial charge in [-0.1, -0.05) is 0 Å². The van der Waals surface area contributed by atoms with Crippen molar-refractivity contribution in [3.05, 3.63) is 0 Å². The monoisotopic (exact) mass is 169 g/mol. The number of Topliss-reactive ketones (excluding diaryl/α,β-unsaturated/α-hetero) is 1. The maximum absolute atomic E-state index is 11.1. The van der Waals surface area contributed by atoms with Gasteiger partial charge < -0.3 is 4.74 Å². The molecule has 0 fully saturated rings. The SMILES string of the molecule is CCOC(=O)C(=O)C(C)(C)C#N. The minimum absolute atomic E-state index is 0.145. The lowest BCUT2D eigenvalue weighted by atomic mass is 9.90. The van der Waals surface area contributed by atoms with Crippen LogP contribution in [-0.2, 0) is 14.3 Å². The number of ether oxygens (including phenoxy) is 1. The van der Waals surface area contributed by atoms with E-state index in [1.54, 1.807) is 13.0 Å². The smallest absolute Gasteiger partial charge is 0.376 e. The molecule has 66 valence electrons. The number of nitrogens with zero attached hydrogens (tertiary/aromatic N) is 1. The van der Waals surface area contributed by atoms with E-state index in [-0.39, 0.29) is 6.61 Å². The van der Waals surface area contributed by atoms with Crippen LogP contribution in [0.1, 0.15) is 20.8 Å². The zero-order valence-electron chi connectivity index (χ0n) is 7.38. The minimum atomic E-state index is -1.29. The molecule has 0 saturated carbocycles. The molecule has 0 aromatic heterocycles. The number of nitriles is 1. The first-order valence-electron chi connectivity index (χ1n) is 3.58. The highest BCUT2D eigenvalue weighted by Crippen LogP contribution is 2.15. The molecular weight excluding hydrogens is 158 g/mol. The maximum Gasteiger partial charge on any atom is 0.376 e. The first kappa shape index (κ1) is 10.6. The number of hydrogen-bond acceptors (Lipinski definition) is 4. The molecular formula is C8H11NO3. The van der Waals surface area contributed by atoms with Crippen LogP contribution in [0.4, 0.5) is 0 Å². The molecule has 0 heterocycles. The van der Waals surface area contributed by atoms with Crippen LogP contribution in [0.25, 0.3) is 0 Å². The fourth-order valence-electron chi connectivity index (χ4n) is 0.503. The van der Waals surface area contributed by atoms with Gasteiger partial charge in [-0.3, -0.25) is 4.79 Å². The molecule has 0 unspecified atom stereocenters. The molecule has 0 bridgehead atoms. The summed E-state index contributed by atoms with van der Waals surface area (Å²) in [4.78, 5) is 21.9. The Balaban J connectivity index is 4.42. The second-order valence-corrected chi connectivity index (χ2v) is 2.79. The number of carbonyl (C=O) groups excluding carboxylic acids is 2. The average molecular weight is 169 g/mol. The Morgan fingerprint density at radius 2 is 2.00 bits per heavy atom. The van der Waals surface area contributed by atoms with Crippen molar-refractivity contribution in [2.75, 3.05) is 6.61 Å². The van der Waals surface area contributed by atoms with Crippen molar-refractivity contribution in [2.45, 2.75) is 20.8 Å². The van der Waals surface area contributed by atoms with Crippen LogP contribution in [0, 0.1) is 16.7 Å². The lowest BCUT2D eigenvalue weighted by Crippen LogP contribution is -2.31. The highest BCUT2D eigenvalue weighted by atomic mass is 16.5. The average Bonchev–Trinajstić information content (AvgIpc) is 2.03. The lowest BCUT2D eigenvalue weighted by Gasteiger charge is -2.11. The van der Waals surface area contributed by atoms with Crippen LogP contribution < -0.4 is 0 Å². The van der Waals surface area contributed by atoms with Gasteiger partial charge in [0.2, 0.25) is 0 Å². The van der Waals surface area contributed by atoms with Crippen molar-refractivity contribution < 1.29 is 14.3 Å². The van der Waals surface area contributed by atoms with E-state index in [4.69, 9.17) is 5.26 Å². The molecule has 0 rings (SSSR count). The number of hydrogen-bond donors (Lipinski definition) is 0. The molecule has 0 amide bonds.